The zero-order chi connectivity index (χ0) is 17.6. The summed E-state index contributed by atoms with van der Waals surface area (Å²) >= 11 is 0. The molecule has 132 valence electrons. The van der Waals surface area contributed by atoms with Crippen LogP contribution in [0.3, 0.4) is 0 Å². The van der Waals surface area contributed by atoms with Crippen LogP contribution in [-0.2, 0) is 18.0 Å². The van der Waals surface area contributed by atoms with E-state index in [0.717, 1.165) is 5.82 Å². The quantitative estimate of drug-likeness (QED) is 0.773. The second-order valence-electron chi connectivity index (χ2n) is 5.74. The molecule has 4 rings (SSSR count). The predicted molar refractivity (Wildman–Crippen MR) is 79.7 cm³/mol. The third-order valence-electron chi connectivity index (χ3n) is 4.05. The minimum Gasteiger partial charge on any atom is -0.368 e. The number of rotatable bonds is 3. The van der Waals surface area contributed by atoms with Gasteiger partial charge in [-0.15, -0.1) is 15.3 Å². The number of nitrogens with one attached hydrogen (secondary N) is 1. The standard InChI is InChI=1S/C14H14F3N7O/c1-23-6-5-18-12(23)11-8(4-7-25-11)19-9-2-3-10-20-21-13(14(15,16)17)24(10)22-9/h2-3,5-6,8,11H,4,7H2,1H3,(H,19,22)/t8-,11-/m0/s1. The second kappa shape index (κ2) is 5.69. The maximum Gasteiger partial charge on any atom is 0.453 e. The molecule has 3 aromatic heterocycles. The number of anilines is 1. The Morgan fingerprint density at radius 1 is 1.28 bits per heavy atom. The number of aryl methyl sites for hydroxylation is 1. The average molecular weight is 353 g/mol. The van der Waals surface area contributed by atoms with Crippen LogP contribution in [0.15, 0.2) is 24.5 Å². The number of imidazole rings is 1. The summed E-state index contributed by atoms with van der Waals surface area (Å²) < 4.78 is 47.2. The van der Waals surface area contributed by atoms with Crippen molar-refractivity contribution in [2.45, 2.75) is 24.7 Å². The smallest absolute Gasteiger partial charge is 0.368 e. The van der Waals surface area contributed by atoms with Gasteiger partial charge in [-0.2, -0.15) is 17.7 Å². The zero-order valence-electron chi connectivity index (χ0n) is 13.1. The molecule has 25 heavy (non-hydrogen) atoms. The first-order valence-electron chi connectivity index (χ1n) is 7.58. The Labute approximate surface area is 139 Å². The largest absolute Gasteiger partial charge is 0.453 e. The summed E-state index contributed by atoms with van der Waals surface area (Å²) in [6.45, 7) is 0.526. The highest BCUT2D eigenvalue weighted by Gasteiger charge is 2.38. The lowest BCUT2D eigenvalue weighted by Crippen LogP contribution is -2.26. The Hall–Kier alpha value is -2.69. The van der Waals surface area contributed by atoms with E-state index in [1.165, 1.54) is 6.07 Å². The fourth-order valence-corrected chi connectivity index (χ4v) is 2.88. The minimum absolute atomic E-state index is 0.0289. The highest BCUT2D eigenvalue weighted by atomic mass is 19.4. The monoisotopic (exact) mass is 353 g/mol. The van der Waals surface area contributed by atoms with Gasteiger partial charge in [0.2, 0.25) is 0 Å². The lowest BCUT2D eigenvalue weighted by molar-refractivity contribution is -0.146. The molecular formula is C14H14F3N7O. The van der Waals surface area contributed by atoms with Crippen LogP contribution in [0.2, 0.25) is 0 Å². The van der Waals surface area contributed by atoms with Gasteiger partial charge < -0.3 is 14.6 Å². The molecule has 1 saturated heterocycles. The van der Waals surface area contributed by atoms with Crippen molar-refractivity contribution in [3.8, 4) is 0 Å². The van der Waals surface area contributed by atoms with Crippen LogP contribution in [0, 0.1) is 0 Å². The van der Waals surface area contributed by atoms with Gasteiger partial charge in [-0.1, -0.05) is 0 Å². The van der Waals surface area contributed by atoms with Crippen molar-refractivity contribution < 1.29 is 17.9 Å². The molecule has 2 atom stereocenters. The van der Waals surface area contributed by atoms with Crippen LogP contribution in [0.5, 0.6) is 0 Å². The lowest BCUT2D eigenvalue weighted by atomic mass is 10.1. The van der Waals surface area contributed by atoms with Crippen molar-refractivity contribution in [3.63, 3.8) is 0 Å². The van der Waals surface area contributed by atoms with Gasteiger partial charge in [0.05, 0.1) is 6.04 Å². The third kappa shape index (κ3) is 2.80. The fourth-order valence-electron chi connectivity index (χ4n) is 2.88. The van der Waals surface area contributed by atoms with E-state index in [-0.39, 0.29) is 23.6 Å². The van der Waals surface area contributed by atoms with E-state index < -0.39 is 12.0 Å². The van der Waals surface area contributed by atoms with E-state index in [9.17, 15) is 13.2 Å². The summed E-state index contributed by atoms with van der Waals surface area (Å²) in [7, 11) is 1.86. The highest BCUT2D eigenvalue weighted by molar-refractivity contribution is 5.45. The van der Waals surface area contributed by atoms with Gasteiger partial charge >= 0.3 is 6.18 Å². The van der Waals surface area contributed by atoms with Crippen LogP contribution in [0.25, 0.3) is 5.65 Å². The fraction of sp³-hybridized carbons (Fsp3) is 0.429. The topological polar surface area (TPSA) is 82.2 Å². The Bertz CT molecular complexity index is 903. The van der Waals surface area contributed by atoms with Crippen LogP contribution >= 0.6 is 0 Å². The normalized spacial score (nSPS) is 21.1. The maximum atomic E-state index is 13.0. The molecule has 0 spiro atoms. The molecule has 1 N–H and O–H groups in total. The summed E-state index contributed by atoms with van der Waals surface area (Å²) in [5, 5.41) is 13.8. The minimum atomic E-state index is -4.63. The van der Waals surface area contributed by atoms with Crippen LogP contribution in [0.4, 0.5) is 19.0 Å². The molecular weight excluding hydrogens is 339 g/mol. The van der Waals surface area contributed by atoms with Crippen molar-refractivity contribution in [1.82, 2.24) is 29.4 Å². The molecule has 0 saturated carbocycles. The Morgan fingerprint density at radius 2 is 2.12 bits per heavy atom. The molecule has 3 aromatic rings. The molecule has 4 heterocycles. The number of alkyl halides is 3. The molecule has 0 bridgehead atoms. The Morgan fingerprint density at radius 3 is 2.84 bits per heavy atom. The average Bonchev–Trinajstić information content (AvgIpc) is 3.25. The first-order valence-corrected chi connectivity index (χ1v) is 7.58. The Balaban J connectivity index is 1.63. The lowest BCUT2D eigenvalue weighted by Gasteiger charge is -2.20. The van der Waals surface area contributed by atoms with Crippen LogP contribution in [0.1, 0.15) is 24.2 Å². The second-order valence-corrected chi connectivity index (χ2v) is 5.74. The number of hydrogen-bond donors (Lipinski definition) is 1. The SMILES string of the molecule is Cn1ccnc1[C@H]1OCC[C@@H]1Nc1ccc2nnc(C(F)(F)F)n2n1. The first kappa shape index (κ1) is 15.8. The predicted octanol–water partition coefficient (Wildman–Crippen LogP) is 1.82. The number of aromatic nitrogens is 6. The van der Waals surface area contributed by atoms with E-state index >= 15 is 0 Å². The molecule has 0 aliphatic carbocycles. The number of ether oxygens (including phenoxy) is 1. The van der Waals surface area contributed by atoms with Crippen molar-refractivity contribution >= 4 is 11.5 Å². The summed E-state index contributed by atoms with van der Waals surface area (Å²) in [4.78, 5) is 4.28. The molecule has 0 unspecified atom stereocenters. The molecule has 0 radical (unpaired) electrons. The Kier molecular flexibility index (Phi) is 3.60. The zero-order valence-corrected chi connectivity index (χ0v) is 13.1. The first-order chi connectivity index (χ1) is 11.9. The highest BCUT2D eigenvalue weighted by Crippen LogP contribution is 2.31. The number of hydrogen-bond acceptors (Lipinski definition) is 6. The molecule has 1 aliphatic heterocycles. The van der Waals surface area contributed by atoms with Gasteiger partial charge in [0.15, 0.2) is 5.65 Å². The van der Waals surface area contributed by atoms with Gasteiger partial charge in [0.25, 0.3) is 5.82 Å². The summed E-state index contributed by atoms with van der Waals surface area (Å²) in [5.74, 6) is -0.127. The van der Waals surface area contributed by atoms with E-state index in [4.69, 9.17) is 4.74 Å². The van der Waals surface area contributed by atoms with Gasteiger partial charge in [0.1, 0.15) is 17.7 Å². The molecule has 8 nitrogen and oxygen atoms in total. The van der Waals surface area contributed by atoms with E-state index in [0.29, 0.717) is 17.5 Å². The van der Waals surface area contributed by atoms with Crippen LogP contribution < -0.4 is 5.32 Å². The van der Waals surface area contributed by atoms with Crippen molar-refractivity contribution in [2.75, 3.05) is 11.9 Å². The van der Waals surface area contributed by atoms with Gasteiger partial charge in [-0.25, -0.2) is 4.98 Å². The van der Waals surface area contributed by atoms with Crippen molar-refractivity contribution in [1.29, 1.82) is 0 Å². The van der Waals surface area contributed by atoms with Gasteiger partial charge in [0, 0.05) is 26.0 Å². The molecule has 0 aromatic carbocycles. The summed E-state index contributed by atoms with van der Waals surface area (Å²) in [6.07, 6.45) is -0.765. The maximum absolute atomic E-state index is 13.0. The number of nitrogens with zero attached hydrogens (tertiary/aromatic N) is 6. The number of halogens is 3. The molecule has 11 heteroatoms. The summed E-state index contributed by atoms with van der Waals surface area (Å²) in [5.41, 5.74) is 0.0289. The molecule has 1 aliphatic rings. The van der Waals surface area contributed by atoms with Crippen LogP contribution in [-0.4, -0.2) is 42.0 Å². The summed E-state index contributed by atoms with van der Waals surface area (Å²) in [6, 6.07) is 2.85. The molecule has 0 amide bonds. The third-order valence-corrected chi connectivity index (χ3v) is 4.05. The molecule has 1 fully saturated rings. The van der Waals surface area contributed by atoms with Gasteiger partial charge in [-0.3, -0.25) is 0 Å². The van der Waals surface area contributed by atoms with Crippen molar-refractivity contribution in [2.24, 2.45) is 7.05 Å². The van der Waals surface area contributed by atoms with E-state index in [2.05, 4.69) is 25.6 Å². The van der Waals surface area contributed by atoms with E-state index in [1.807, 2.05) is 17.8 Å². The van der Waals surface area contributed by atoms with Gasteiger partial charge in [-0.05, 0) is 18.6 Å². The van der Waals surface area contributed by atoms with E-state index in [1.54, 1.807) is 12.3 Å². The van der Waals surface area contributed by atoms with Crippen molar-refractivity contribution in [3.05, 3.63) is 36.2 Å². The number of fused-ring (bicyclic) bond motifs is 1.